The van der Waals surface area contributed by atoms with Gasteiger partial charge in [-0.05, 0) is 37.5 Å². The molecule has 1 aliphatic rings. The molecular formula is C20H25N3O3. The van der Waals surface area contributed by atoms with Gasteiger partial charge in [-0.15, -0.1) is 0 Å². The smallest absolute Gasteiger partial charge is 0.227 e. The molecule has 1 N–H and O–H groups in total. The number of benzene rings is 1. The third-order valence-corrected chi connectivity index (χ3v) is 4.86. The number of likely N-dealkylation sites (tertiary alicyclic amines) is 1. The van der Waals surface area contributed by atoms with Crippen LogP contribution in [0.25, 0.3) is 0 Å². The molecule has 26 heavy (non-hydrogen) atoms. The largest absolute Gasteiger partial charge is 0.497 e. The van der Waals surface area contributed by atoms with Gasteiger partial charge in [0.2, 0.25) is 5.91 Å². The Bertz CT molecular complexity index is 761. The SMILES string of the molecule is COc1ccc(CC(=O)N2CCCC(c3nc(C)ncc3CO)C2)cc1. The van der Waals surface area contributed by atoms with Gasteiger partial charge in [0.1, 0.15) is 11.6 Å². The van der Waals surface area contributed by atoms with Gasteiger partial charge in [0.15, 0.2) is 0 Å². The van der Waals surface area contributed by atoms with Crippen LogP contribution in [0.5, 0.6) is 5.75 Å². The third-order valence-electron chi connectivity index (χ3n) is 4.86. The lowest BCUT2D eigenvalue weighted by Crippen LogP contribution is -2.40. The van der Waals surface area contributed by atoms with Gasteiger partial charge < -0.3 is 14.7 Å². The number of hydrogen-bond donors (Lipinski definition) is 1. The zero-order valence-electron chi connectivity index (χ0n) is 15.3. The summed E-state index contributed by atoms with van der Waals surface area (Å²) in [4.78, 5) is 23.4. The van der Waals surface area contributed by atoms with Gasteiger partial charge in [0, 0.05) is 30.8 Å². The molecule has 138 valence electrons. The van der Waals surface area contributed by atoms with E-state index in [2.05, 4.69) is 9.97 Å². The first-order valence-corrected chi connectivity index (χ1v) is 8.94. The first-order valence-electron chi connectivity index (χ1n) is 8.94. The molecule has 1 unspecified atom stereocenters. The molecule has 6 nitrogen and oxygen atoms in total. The number of methoxy groups -OCH3 is 1. The summed E-state index contributed by atoms with van der Waals surface area (Å²) in [7, 11) is 1.63. The van der Waals surface area contributed by atoms with Crippen LogP contribution in [-0.4, -0.2) is 46.1 Å². The van der Waals surface area contributed by atoms with E-state index >= 15 is 0 Å². The van der Waals surface area contributed by atoms with Gasteiger partial charge in [0.25, 0.3) is 0 Å². The van der Waals surface area contributed by atoms with Gasteiger partial charge in [-0.1, -0.05) is 12.1 Å². The van der Waals surface area contributed by atoms with E-state index in [1.165, 1.54) is 0 Å². The summed E-state index contributed by atoms with van der Waals surface area (Å²) >= 11 is 0. The number of rotatable bonds is 5. The summed E-state index contributed by atoms with van der Waals surface area (Å²) < 4.78 is 5.16. The summed E-state index contributed by atoms with van der Waals surface area (Å²) in [5, 5.41) is 9.58. The van der Waals surface area contributed by atoms with E-state index in [0.717, 1.165) is 42.0 Å². The summed E-state index contributed by atoms with van der Waals surface area (Å²) in [6.45, 7) is 3.18. The molecule has 2 aromatic rings. The van der Waals surface area contributed by atoms with Crippen LogP contribution in [0.2, 0.25) is 0 Å². The van der Waals surface area contributed by atoms with Crippen LogP contribution in [-0.2, 0) is 17.8 Å². The Morgan fingerprint density at radius 1 is 1.35 bits per heavy atom. The van der Waals surface area contributed by atoms with E-state index in [1.807, 2.05) is 36.1 Å². The quantitative estimate of drug-likeness (QED) is 0.890. The van der Waals surface area contributed by atoms with Crippen molar-refractivity contribution in [3.63, 3.8) is 0 Å². The number of aliphatic hydroxyl groups excluding tert-OH is 1. The van der Waals surface area contributed by atoms with Crippen molar-refractivity contribution < 1.29 is 14.6 Å². The van der Waals surface area contributed by atoms with E-state index in [1.54, 1.807) is 13.3 Å². The Morgan fingerprint density at radius 3 is 2.81 bits per heavy atom. The van der Waals surface area contributed by atoms with Crippen LogP contribution in [0.3, 0.4) is 0 Å². The van der Waals surface area contributed by atoms with E-state index in [-0.39, 0.29) is 18.4 Å². The maximum absolute atomic E-state index is 12.7. The summed E-state index contributed by atoms with van der Waals surface area (Å²) in [6.07, 6.45) is 3.98. The second-order valence-electron chi connectivity index (χ2n) is 6.69. The van der Waals surface area contributed by atoms with Crippen molar-refractivity contribution in [1.29, 1.82) is 0 Å². The average molecular weight is 355 g/mol. The first-order chi connectivity index (χ1) is 12.6. The number of hydrogen-bond acceptors (Lipinski definition) is 5. The Hall–Kier alpha value is -2.47. The predicted molar refractivity (Wildman–Crippen MR) is 97.9 cm³/mol. The first kappa shape index (κ1) is 18.3. The lowest BCUT2D eigenvalue weighted by molar-refractivity contribution is -0.131. The van der Waals surface area contributed by atoms with Gasteiger partial charge in [-0.2, -0.15) is 0 Å². The van der Waals surface area contributed by atoms with Gasteiger partial charge in [0.05, 0.1) is 25.8 Å². The number of amides is 1. The number of ether oxygens (including phenoxy) is 1. The molecule has 2 heterocycles. The lowest BCUT2D eigenvalue weighted by Gasteiger charge is -2.33. The number of aromatic nitrogens is 2. The molecule has 1 atom stereocenters. The number of carbonyl (C=O) groups excluding carboxylic acids is 1. The molecule has 1 aromatic heterocycles. The lowest BCUT2D eigenvalue weighted by atomic mass is 9.91. The van der Waals surface area contributed by atoms with E-state index in [9.17, 15) is 9.90 Å². The molecule has 1 amide bonds. The molecule has 0 saturated carbocycles. The standard InChI is InChI=1S/C20H25N3O3/c1-14-21-11-17(13-24)20(22-14)16-4-3-9-23(12-16)19(25)10-15-5-7-18(26-2)8-6-15/h5-8,11,16,24H,3-4,9-10,12-13H2,1-2H3. The maximum Gasteiger partial charge on any atom is 0.227 e. The molecule has 0 aliphatic carbocycles. The average Bonchev–Trinajstić information content (AvgIpc) is 2.68. The van der Waals surface area contributed by atoms with Crippen molar-refractivity contribution in [2.75, 3.05) is 20.2 Å². The van der Waals surface area contributed by atoms with Crippen molar-refractivity contribution in [2.45, 2.75) is 38.7 Å². The molecule has 0 bridgehead atoms. The molecular weight excluding hydrogens is 330 g/mol. The van der Waals surface area contributed by atoms with Crippen LogP contribution in [0, 0.1) is 6.92 Å². The fraction of sp³-hybridized carbons (Fsp3) is 0.450. The van der Waals surface area contributed by atoms with Gasteiger partial charge >= 0.3 is 0 Å². The maximum atomic E-state index is 12.7. The van der Waals surface area contributed by atoms with Crippen molar-refractivity contribution in [1.82, 2.24) is 14.9 Å². The highest BCUT2D eigenvalue weighted by molar-refractivity contribution is 5.79. The molecule has 1 fully saturated rings. The number of aryl methyl sites for hydroxylation is 1. The minimum Gasteiger partial charge on any atom is -0.497 e. The van der Waals surface area contributed by atoms with Crippen molar-refractivity contribution >= 4 is 5.91 Å². The zero-order chi connectivity index (χ0) is 18.5. The second kappa shape index (κ2) is 8.27. The number of aliphatic hydroxyl groups is 1. The van der Waals surface area contributed by atoms with Gasteiger partial charge in [-0.25, -0.2) is 9.97 Å². The monoisotopic (exact) mass is 355 g/mol. The molecule has 0 spiro atoms. The molecule has 1 saturated heterocycles. The summed E-state index contributed by atoms with van der Waals surface area (Å²) in [6, 6.07) is 7.60. The van der Waals surface area contributed by atoms with E-state index in [0.29, 0.717) is 18.8 Å². The van der Waals surface area contributed by atoms with Crippen molar-refractivity contribution in [3.05, 3.63) is 53.1 Å². The Morgan fingerprint density at radius 2 is 2.12 bits per heavy atom. The normalized spacial score (nSPS) is 17.2. The minimum absolute atomic E-state index is 0.0775. The third kappa shape index (κ3) is 4.19. The number of nitrogens with zero attached hydrogens (tertiary/aromatic N) is 3. The predicted octanol–water partition coefficient (Wildman–Crippen LogP) is 2.23. The number of piperidine rings is 1. The van der Waals surface area contributed by atoms with Crippen LogP contribution in [0.1, 0.15) is 41.4 Å². The molecule has 1 aliphatic heterocycles. The second-order valence-corrected chi connectivity index (χ2v) is 6.69. The summed E-state index contributed by atoms with van der Waals surface area (Å²) in [5.41, 5.74) is 2.61. The van der Waals surface area contributed by atoms with Crippen LogP contribution >= 0.6 is 0 Å². The fourth-order valence-corrected chi connectivity index (χ4v) is 3.44. The summed E-state index contributed by atoms with van der Waals surface area (Å²) in [5.74, 6) is 1.75. The number of carbonyl (C=O) groups is 1. The fourth-order valence-electron chi connectivity index (χ4n) is 3.44. The minimum atomic E-state index is -0.0775. The highest BCUT2D eigenvalue weighted by atomic mass is 16.5. The van der Waals surface area contributed by atoms with Crippen molar-refractivity contribution in [2.24, 2.45) is 0 Å². The van der Waals surface area contributed by atoms with Crippen LogP contribution in [0.15, 0.2) is 30.5 Å². The topological polar surface area (TPSA) is 75.5 Å². The highest BCUT2D eigenvalue weighted by Gasteiger charge is 2.27. The highest BCUT2D eigenvalue weighted by Crippen LogP contribution is 2.28. The Labute approximate surface area is 153 Å². The van der Waals surface area contributed by atoms with Gasteiger partial charge in [-0.3, -0.25) is 4.79 Å². The molecule has 6 heteroatoms. The Balaban J connectivity index is 1.69. The van der Waals surface area contributed by atoms with E-state index < -0.39 is 0 Å². The molecule has 0 radical (unpaired) electrons. The zero-order valence-corrected chi connectivity index (χ0v) is 15.3. The van der Waals surface area contributed by atoms with Crippen LogP contribution < -0.4 is 4.74 Å². The van der Waals surface area contributed by atoms with Crippen LogP contribution in [0.4, 0.5) is 0 Å². The Kier molecular flexibility index (Phi) is 5.83. The van der Waals surface area contributed by atoms with E-state index in [4.69, 9.17) is 4.74 Å². The molecule has 1 aromatic carbocycles. The molecule has 3 rings (SSSR count). The van der Waals surface area contributed by atoms with Crippen molar-refractivity contribution in [3.8, 4) is 5.75 Å².